The molecule has 1 saturated heterocycles. The molecule has 1 fully saturated rings. The number of alkyl halides is 5. The normalized spacial score (nSPS) is 15.7. The van der Waals surface area contributed by atoms with Crippen LogP contribution in [0, 0.1) is 0 Å². The zero-order valence-electron chi connectivity index (χ0n) is 16.0. The van der Waals surface area contributed by atoms with Crippen LogP contribution in [0.5, 0.6) is 6.01 Å². The van der Waals surface area contributed by atoms with E-state index in [1.807, 2.05) is 0 Å². The molecule has 166 valence electrons. The van der Waals surface area contributed by atoms with Gasteiger partial charge in [-0.25, -0.2) is 8.78 Å². The van der Waals surface area contributed by atoms with Gasteiger partial charge in [0.2, 0.25) is 5.91 Å². The number of nitrogens with two attached hydrogens (primary N) is 1. The first-order valence-corrected chi connectivity index (χ1v) is 9.92. The predicted octanol–water partition coefficient (Wildman–Crippen LogP) is 2.74. The van der Waals surface area contributed by atoms with Crippen LogP contribution < -0.4 is 15.4 Å². The molecule has 0 aromatic carbocycles. The Hall–Kier alpha value is -2.28. The lowest BCUT2D eigenvalue weighted by Crippen LogP contribution is -2.49. The van der Waals surface area contributed by atoms with Crippen molar-refractivity contribution in [3.05, 3.63) is 10.9 Å². The van der Waals surface area contributed by atoms with E-state index in [0.717, 1.165) is 23.2 Å². The highest BCUT2D eigenvalue weighted by Gasteiger charge is 2.35. The fourth-order valence-electron chi connectivity index (χ4n) is 3.01. The molecule has 0 saturated carbocycles. The van der Waals surface area contributed by atoms with E-state index in [1.165, 1.54) is 6.07 Å². The van der Waals surface area contributed by atoms with Crippen molar-refractivity contribution >= 4 is 33.3 Å². The van der Waals surface area contributed by atoms with Gasteiger partial charge in [-0.2, -0.15) is 23.1 Å². The lowest BCUT2D eigenvalue weighted by atomic mass is 10.2. The molecule has 0 unspecified atom stereocenters. The first-order chi connectivity index (χ1) is 14.0. The van der Waals surface area contributed by atoms with E-state index < -0.39 is 24.4 Å². The molecule has 3 heterocycles. The molecule has 0 radical (unpaired) electrons. The van der Waals surface area contributed by atoms with Crippen LogP contribution in [-0.4, -0.2) is 66.3 Å². The summed E-state index contributed by atoms with van der Waals surface area (Å²) in [5.74, 6) is -3.73. The smallest absolute Gasteiger partial charge is 0.397 e. The minimum atomic E-state index is -4.57. The summed E-state index contributed by atoms with van der Waals surface area (Å²) < 4.78 is 70.4. The molecule has 1 aliphatic rings. The molecule has 1 aliphatic heterocycles. The number of thiophene rings is 1. The molecule has 13 heteroatoms. The number of nitrogens with zero attached hydrogens (tertiary/aromatic N) is 4. The summed E-state index contributed by atoms with van der Waals surface area (Å²) in [5.41, 5.74) is 5.41. The van der Waals surface area contributed by atoms with Crippen molar-refractivity contribution in [2.45, 2.75) is 25.4 Å². The highest BCUT2D eigenvalue weighted by atomic mass is 32.1. The molecule has 2 aromatic heterocycles. The molecule has 0 aliphatic carbocycles. The Balaban J connectivity index is 1.85. The molecule has 7 nitrogen and oxygen atoms in total. The van der Waals surface area contributed by atoms with E-state index in [1.54, 1.807) is 4.90 Å². The maximum atomic E-state index is 13.8. The zero-order valence-corrected chi connectivity index (χ0v) is 16.8. The molecule has 1 amide bonds. The molecule has 0 bridgehead atoms. The predicted molar refractivity (Wildman–Crippen MR) is 101 cm³/mol. The topological polar surface area (TPSA) is 84.6 Å². The molecule has 2 aromatic rings. The largest absolute Gasteiger partial charge is 0.462 e. The number of carbonyl (C=O) groups is 1. The van der Waals surface area contributed by atoms with Gasteiger partial charge in [0.15, 0.2) is 0 Å². The molecular weight excluding hydrogens is 433 g/mol. The number of carbonyl (C=O) groups excluding carboxylic acids is 1. The summed E-state index contributed by atoms with van der Waals surface area (Å²) in [4.78, 5) is 23.2. The summed E-state index contributed by atoms with van der Waals surface area (Å²) in [7, 11) is 0. The van der Waals surface area contributed by atoms with Crippen LogP contribution in [0.3, 0.4) is 0 Å². The second kappa shape index (κ2) is 8.46. The summed E-state index contributed by atoms with van der Waals surface area (Å²) >= 11 is 0.813. The fourth-order valence-corrected chi connectivity index (χ4v) is 3.96. The number of ether oxygens (including phenoxy) is 1. The number of aromatic nitrogens is 2. The van der Waals surface area contributed by atoms with Gasteiger partial charge >= 0.3 is 12.2 Å². The Labute approximate surface area is 172 Å². The minimum Gasteiger partial charge on any atom is -0.462 e. The number of amides is 1. The van der Waals surface area contributed by atoms with Crippen molar-refractivity contribution in [3.8, 4) is 6.01 Å². The van der Waals surface area contributed by atoms with E-state index in [-0.39, 0.29) is 50.2 Å². The molecule has 30 heavy (non-hydrogen) atoms. The SMILES string of the molecule is CC(F)(F)c1cc2c(N3CCN(C(=O)CC(F)(F)F)CC3)nc(OCCN)nc2s1. The number of anilines is 1. The standard InChI is InChI=1S/C17H20F5N5O2S/c1-16(18,19)11-8-10-13(24-15(29-7-2-23)25-14(10)30-11)27-5-3-26(4-6-27)12(28)9-17(20,21)22/h8H,2-7,9,23H2,1H3. The minimum absolute atomic E-state index is 0.0219. The number of rotatable bonds is 6. The molecular formula is C17H20F5N5O2S. The van der Waals surface area contributed by atoms with Gasteiger partial charge in [0.1, 0.15) is 23.7 Å². The summed E-state index contributed by atoms with van der Waals surface area (Å²) in [6.45, 7) is 1.62. The van der Waals surface area contributed by atoms with E-state index in [0.29, 0.717) is 16.0 Å². The third kappa shape index (κ3) is 5.25. The number of hydrogen-bond acceptors (Lipinski definition) is 7. The van der Waals surface area contributed by atoms with Gasteiger partial charge in [0.25, 0.3) is 5.92 Å². The van der Waals surface area contributed by atoms with Gasteiger partial charge in [0.05, 0.1) is 10.3 Å². The van der Waals surface area contributed by atoms with E-state index in [2.05, 4.69) is 9.97 Å². The van der Waals surface area contributed by atoms with Crippen LogP contribution in [0.25, 0.3) is 10.2 Å². The molecule has 0 atom stereocenters. The van der Waals surface area contributed by atoms with Crippen LogP contribution in [0.1, 0.15) is 18.2 Å². The van der Waals surface area contributed by atoms with Crippen LogP contribution in [-0.2, 0) is 10.7 Å². The maximum Gasteiger partial charge on any atom is 0.397 e. The Morgan fingerprint density at radius 2 is 1.87 bits per heavy atom. The number of fused-ring (bicyclic) bond motifs is 1. The van der Waals surface area contributed by atoms with Gasteiger partial charge in [-0.15, -0.1) is 11.3 Å². The highest BCUT2D eigenvalue weighted by Crippen LogP contribution is 2.39. The monoisotopic (exact) mass is 453 g/mol. The second-order valence-electron chi connectivity index (χ2n) is 6.84. The summed E-state index contributed by atoms with van der Waals surface area (Å²) in [5, 5.41) is 0.395. The first kappa shape index (κ1) is 22.4. The van der Waals surface area contributed by atoms with Gasteiger partial charge in [0, 0.05) is 39.6 Å². The number of halogens is 5. The number of piperazine rings is 1. The highest BCUT2D eigenvalue weighted by molar-refractivity contribution is 7.18. The Bertz CT molecular complexity index is 906. The average molecular weight is 453 g/mol. The lowest BCUT2D eigenvalue weighted by Gasteiger charge is -2.35. The van der Waals surface area contributed by atoms with E-state index in [9.17, 15) is 26.7 Å². The third-order valence-electron chi connectivity index (χ3n) is 4.42. The van der Waals surface area contributed by atoms with Crippen molar-refractivity contribution in [3.63, 3.8) is 0 Å². The van der Waals surface area contributed by atoms with Crippen molar-refractivity contribution in [1.29, 1.82) is 0 Å². The van der Waals surface area contributed by atoms with Crippen molar-refractivity contribution in [1.82, 2.24) is 14.9 Å². The van der Waals surface area contributed by atoms with Crippen LogP contribution in [0.4, 0.5) is 27.8 Å². The van der Waals surface area contributed by atoms with Gasteiger partial charge in [-0.05, 0) is 6.07 Å². The van der Waals surface area contributed by atoms with Crippen molar-refractivity contribution in [2.75, 3.05) is 44.2 Å². The van der Waals surface area contributed by atoms with Gasteiger partial charge < -0.3 is 20.3 Å². The Morgan fingerprint density at radius 1 is 1.20 bits per heavy atom. The van der Waals surface area contributed by atoms with Crippen molar-refractivity contribution < 1.29 is 31.5 Å². The summed E-state index contributed by atoms with van der Waals surface area (Å²) in [6.07, 6.45) is -6.08. The Kier molecular flexibility index (Phi) is 6.32. The lowest BCUT2D eigenvalue weighted by molar-refractivity contribution is -0.161. The van der Waals surface area contributed by atoms with Crippen LogP contribution in [0.2, 0.25) is 0 Å². The quantitative estimate of drug-likeness (QED) is 0.678. The fraction of sp³-hybridized carbons (Fsp3) is 0.588. The summed E-state index contributed by atoms with van der Waals surface area (Å²) in [6, 6.07) is 1.29. The van der Waals surface area contributed by atoms with Gasteiger partial charge in [-0.3, -0.25) is 4.79 Å². The molecule has 3 rings (SSSR count). The van der Waals surface area contributed by atoms with Crippen LogP contribution >= 0.6 is 11.3 Å². The molecule has 0 spiro atoms. The molecule has 2 N–H and O–H groups in total. The second-order valence-corrected chi connectivity index (χ2v) is 7.88. The zero-order chi connectivity index (χ0) is 22.1. The Morgan fingerprint density at radius 3 is 2.43 bits per heavy atom. The van der Waals surface area contributed by atoms with Crippen LogP contribution in [0.15, 0.2) is 6.07 Å². The third-order valence-corrected chi connectivity index (χ3v) is 5.62. The van der Waals surface area contributed by atoms with Crippen molar-refractivity contribution in [2.24, 2.45) is 5.73 Å². The first-order valence-electron chi connectivity index (χ1n) is 9.10. The van der Waals surface area contributed by atoms with Gasteiger partial charge in [-0.1, -0.05) is 0 Å². The van der Waals surface area contributed by atoms with E-state index >= 15 is 0 Å². The number of hydrogen-bond donors (Lipinski definition) is 1. The maximum absolute atomic E-state index is 13.8. The van der Waals surface area contributed by atoms with E-state index in [4.69, 9.17) is 10.5 Å². The average Bonchev–Trinajstić information content (AvgIpc) is 3.09.